The van der Waals surface area contributed by atoms with Crippen LogP contribution >= 0.6 is 0 Å². The van der Waals surface area contributed by atoms with E-state index in [-0.39, 0.29) is 6.09 Å². The summed E-state index contributed by atoms with van der Waals surface area (Å²) < 4.78 is 11.1. The molecule has 0 aromatic carbocycles. The van der Waals surface area contributed by atoms with Crippen molar-refractivity contribution in [3.8, 4) is 5.88 Å². The van der Waals surface area contributed by atoms with E-state index in [4.69, 9.17) is 15.2 Å². The van der Waals surface area contributed by atoms with Crippen LogP contribution in [0.3, 0.4) is 0 Å². The fourth-order valence-corrected chi connectivity index (χ4v) is 2.33. The van der Waals surface area contributed by atoms with Gasteiger partial charge in [0.15, 0.2) is 0 Å². The van der Waals surface area contributed by atoms with Gasteiger partial charge in [0.2, 0.25) is 5.88 Å². The van der Waals surface area contributed by atoms with Gasteiger partial charge in [0.25, 0.3) is 0 Å². The van der Waals surface area contributed by atoms with Crippen LogP contribution in [-0.2, 0) is 4.74 Å². The van der Waals surface area contributed by atoms with E-state index in [0.29, 0.717) is 37.2 Å². The summed E-state index contributed by atoms with van der Waals surface area (Å²) in [6, 6.07) is 3.55. The van der Waals surface area contributed by atoms with Crippen molar-refractivity contribution in [3.63, 3.8) is 0 Å². The Labute approximate surface area is 131 Å². The summed E-state index contributed by atoms with van der Waals surface area (Å²) in [6.07, 6.45) is 3.22. The van der Waals surface area contributed by atoms with E-state index < -0.39 is 5.60 Å². The summed E-state index contributed by atoms with van der Waals surface area (Å²) in [5, 5.41) is 0. The molecule has 0 bridgehead atoms. The molecular weight excluding hydrogens is 282 g/mol. The number of rotatable bonds is 3. The highest BCUT2D eigenvalue weighted by atomic mass is 16.6. The minimum atomic E-state index is -0.451. The Morgan fingerprint density at radius 2 is 2.09 bits per heavy atom. The molecule has 0 unspecified atom stereocenters. The van der Waals surface area contributed by atoms with Gasteiger partial charge in [-0.15, -0.1) is 0 Å². The van der Waals surface area contributed by atoms with Gasteiger partial charge in [-0.05, 0) is 51.7 Å². The third kappa shape index (κ3) is 4.79. The van der Waals surface area contributed by atoms with Crippen LogP contribution < -0.4 is 10.5 Å². The summed E-state index contributed by atoms with van der Waals surface area (Å²) in [5.74, 6) is 0.886. The molecule has 0 radical (unpaired) electrons. The molecular formula is C16H25N3O3. The van der Waals surface area contributed by atoms with Crippen molar-refractivity contribution in [2.45, 2.75) is 39.2 Å². The van der Waals surface area contributed by atoms with Crippen molar-refractivity contribution in [3.05, 3.63) is 18.3 Å². The summed E-state index contributed by atoms with van der Waals surface area (Å²) in [5.41, 5.74) is 5.90. The van der Waals surface area contributed by atoms with E-state index in [9.17, 15) is 4.79 Å². The normalized spacial score (nSPS) is 16.4. The molecule has 2 rings (SSSR count). The first-order chi connectivity index (χ1) is 10.3. The first-order valence-electron chi connectivity index (χ1n) is 7.66. The standard InChI is InChI=1S/C16H25N3O3/c1-16(2,3)22-15(20)19-9-6-12(7-10-19)11-21-14-13(17)5-4-8-18-14/h4-5,8,12H,6-7,9-11,17H2,1-3H3. The van der Waals surface area contributed by atoms with Crippen LogP contribution in [0.25, 0.3) is 0 Å². The Balaban J connectivity index is 1.76. The third-order valence-corrected chi connectivity index (χ3v) is 3.52. The van der Waals surface area contributed by atoms with E-state index in [1.54, 1.807) is 23.2 Å². The Morgan fingerprint density at radius 3 is 2.68 bits per heavy atom. The number of carbonyl (C=O) groups excluding carboxylic acids is 1. The first kappa shape index (κ1) is 16.4. The van der Waals surface area contributed by atoms with Crippen molar-refractivity contribution in [1.82, 2.24) is 9.88 Å². The number of ether oxygens (including phenoxy) is 2. The van der Waals surface area contributed by atoms with Crippen LogP contribution in [0.2, 0.25) is 0 Å². The van der Waals surface area contributed by atoms with Gasteiger partial charge >= 0.3 is 6.09 Å². The molecule has 122 valence electrons. The van der Waals surface area contributed by atoms with Crippen LogP contribution in [-0.4, -0.2) is 41.3 Å². The molecule has 0 aliphatic carbocycles. The van der Waals surface area contributed by atoms with Crippen molar-refractivity contribution in [2.24, 2.45) is 5.92 Å². The largest absolute Gasteiger partial charge is 0.476 e. The number of hydrogen-bond acceptors (Lipinski definition) is 5. The van der Waals surface area contributed by atoms with Crippen LogP contribution in [0.1, 0.15) is 33.6 Å². The molecule has 0 spiro atoms. The van der Waals surface area contributed by atoms with Crippen LogP contribution in [0.5, 0.6) is 5.88 Å². The SMILES string of the molecule is CC(C)(C)OC(=O)N1CCC(COc2ncccc2N)CC1. The van der Waals surface area contributed by atoms with Crippen molar-refractivity contribution >= 4 is 11.8 Å². The number of carbonyl (C=O) groups is 1. The molecule has 1 aromatic heterocycles. The van der Waals surface area contributed by atoms with Gasteiger partial charge in [-0.3, -0.25) is 0 Å². The lowest BCUT2D eigenvalue weighted by Crippen LogP contribution is -2.42. The van der Waals surface area contributed by atoms with Gasteiger partial charge < -0.3 is 20.1 Å². The summed E-state index contributed by atoms with van der Waals surface area (Å²) in [6.45, 7) is 7.60. The molecule has 2 N–H and O–H groups in total. The Bertz CT molecular complexity index is 506. The number of aromatic nitrogens is 1. The Morgan fingerprint density at radius 1 is 1.41 bits per heavy atom. The lowest BCUT2D eigenvalue weighted by molar-refractivity contribution is 0.0164. The molecule has 1 saturated heterocycles. The van der Waals surface area contributed by atoms with Gasteiger partial charge in [-0.1, -0.05) is 0 Å². The molecule has 2 heterocycles. The number of anilines is 1. The van der Waals surface area contributed by atoms with Crippen LogP contribution in [0.15, 0.2) is 18.3 Å². The number of nitrogens with zero attached hydrogens (tertiary/aromatic N) is 2. The van der Waals surface area contributed by atoms with E-state index in [1.807, 2.05) is 20.8 Å². The molecule has 22 heavy (non-hydrogen) atoms. The zero-order chi connectivity index (χ0) is 16.2. The Kier molecular flexibility index (Phi) is 5.11. The number of piperidine rings is 1. The number of amides is 1. The van der Waals surface area contributed by atoms with Gasteiger partial charge in [-0.25, -0.2) is 9.78 Å². The molecule has 1 fully saturated rings. The fraction of sp³-hybridized carbons (Fsp3) is 0.625. The van der Waals surface area contributed by atoms with Crippen molar-refractivity contribution in [1.29, 1.82) is 0 Å². The highest BCUT2D eigenvalue weighted by molar-refractivity contribution is 5.68. The Hall–Kier alpha value is -1.98. The zero-order valence-electron chi connectivity index (χ0n) is 13.5. The number of nitrogen functional groups attached to an aromatic ring is 1. The van der Waals surface area contributed by atoms with E-state index >= 15 is 0 Å². The maximum atomic E-state index is 12.0. The van der Waals surface area contributed by atoms with Crippen LogP contribution in [0.4, 0.5) is 10.5 Å². The fourth-order valence-electron chi connectivity index (χ4n) is 2.33. The second kappa shape index (κ2) is 6.85. The molecule has 1 aliphatic rings. The summed E-state index contributed by atoms with van der Waals surface area (Å²) in [7, 11) is 0. The molecule has 0 saturated carbocycles. The van der Waals surface area contributed by atoms with Gasteiger partial charge in [0.05, 0.1) is 12.3 Å². The topological polar surface area (TPSA) is 77.7 Å². The van der Waals surface area contributed by atoms with Gasteiger partial charge in [-0.2, -0.15) is 0 Å². The first-order valence-corrected chi connectivity index (χ1v) is 7.66. The minimum Gasteiger partial charge on any atom is -0.476 e. The average Bonchev–Trinajstić information content (AvgIpc) is 2.45. The maximum absolute atomic E-state index is 12.0. The van der Waals surface area contributed by atoms with E-state index in [1.165, 1.54) is 0 Å². The smallest absolute Gasteiger partial charge is 0.410 e. The number of nitrogens with two attached hydrogens (primary N) is 1. The molecule has 6 heteroatoms. The monoisotopic (exact) mass is 307 g/mol. The molecule has 0 atom stereocenters. The maximum Gasteiger partial charge on any atom is 0.410 e. The lowest BCUT2D eigenvalue weighted by Gasteiger charge is -2.33. The molecule has 1 aliphatic heterocycles. The van der Waals surface area contributed by atoms with Gasteiger partial charge in [0, 0.05) is 19.3 Å². The minimum absolute atomic E-state index is 0.235. The quantitative estimate of drug-likeness (QED) is 0.929. The number of pyridine rings is 1. The van der Waals surface area contributed by atoms with E-state index in [0.717, 1.165) is 12.8 Å². The average molecular weight is 307 g/mol. The highest BCUT2D eigenvalue weighted by Gasteiger charge is 2.27. The van der Waals surface area contributed by atoms with Crippen LogP contribution in [0, 0.1) is 5.92 Å². The molecule has 6 nitrogen and oxygen atoms in total. The lowest BCUT2D eigenvalue weighted by atomic mass is 9.98. The summed E-state index contributed by atoms with van der Waals surface area (Å²) >= 11 is 0. The predicted octanol–water partition coefficient (Wildman–Crippen LogP) is 2.69. The summed E-state index contributed by atoms with van der Waals surface area (Å²) in [4.78, 5) is 17.9. The number of likely N-dealkylation sites (tertiary alicyclic amines) is 1. The highest BCUT2D eigenvalue weighted by Crippen LogP contribution is 2.22. The molecule has 1 aromatic rings. The van der Waals surface area contributed by atoms with E-state index in [2.05, 4.69) is 4.98 Å². The molecule has 1 amide bonds. The second-order valence-electron chi connectivity index (χ2n) is 6.62. The number of hydrogen-bond donors (Lipinski definition) is 1. The third-order valence-electron chi connectivity index (χ3n) is 3.52. The second-order valence-corrected chi connectivity index (χ2v) is 6.62. The zero-order valence-corrected chi connectivity index (χ0v) is 13.5. The van der Waals surface area contributed by atoms with Gasteiger partial charge in [0.1, 0.15) is 5.60 Å². The predicted molar refractivity (Wildman–Crippen MR) is 84.7 cm³/mol. The van der Waals surface area contributed by atoms with Crippen molar-refractivity contribution in [2.75, 3.05) is 25.4 Å². The van der Waals surface area contributed by atoms with Crippen molar-refractivity contribution < 1.29 is 14.3 Å².